The van der Waals surface area contributed by atoms with E-state index in [1.807, 2.05) is 150 Å². The molecule has 6 heterocycles. The van der Waals surface area contributed by atoms with Gasteiger partial charge in [-0.15, -0.1) is 0 Å². The Bertz CT molecular complexity index is 5340. The molecule has 87 heavy (non-hydrogen) atoms. The lowest BCUT2D eigenvalue weighted by Crippen LogP contribution is -2.31. The number of fused-ring (bicyclic) bond motifs is 12. The highest BCUT2D eigenvalue weighted by molar-refractivity contribution is 6.14. The highest BCUT2D eigenvalue weighted by Crippen LogP contribution is 2.41. The quantitative estimate of drug-likeness (QED) is 0.149. The van der Waals surface area contributed by atoms with E-state index in [0.29, 0.717) is 16.7 Å². The highest BCUT2D eigenvalue weighted by atomic mass is 16.3. The van der Waals surface area contributed by atoms with Crippen molar-refractivity contribution >= 4 is 98.1 Å². The Balaban J connectivity index is 0.000000129. The molecule has 0 aliphatic rings. The van der Waals surface area contributed by atoms with E-state index in [9.17, 15) is 0 Å². The lowest BCUT2D eigenvalue weighted by atomic mass is 9.88. The molecule has 0 aliphatic carbocycles. The van der Waals surface area contributed by atoms with Gasteiger partial charge in [0.2, 0.25) is 17.1 Å². The minimum atomic E-state index is -2.43. The molecule has 1 unspecified atom stereocenters. The van der Waals surface area contributed by atoms with Gasteiger partial charge in [-0.05, 0) is 173 Å². The van der Waals surface area contributed by atoms with E-state index in [1.165, 1.54) is 33.9 Å². The average Bonchev–Trinajstić information content (AvgIpc) is 1.66. The van der Waals surface area contributed by atoms with Gasteiger partial charge < -0.3 is 13.3 Å². The van der Waals surface area contributed by atoms with E-state index in [4.69, 9.17) is 24.2 Å². The van der Waals surface area contributed by atoms with Crippen LogP contribution in [0.3, 0.4) is 0 Å². The summed E-state index contributed by atoms with van der Waals surface area (Å²) in [4.78, 5) is 0. The van der Waals surface area contributed by atoms with Gasteiger partial charge in [-0.2, -0.15) is 0 Å². The molecular formula is C81H78N3O3+3. The molecule has 0 aliphatic heterocycles. The summed E-state index contributed by atoms with van der Waals surface area (Å²) in [6, 6.07) is 61.7. The molecule has 6 nitrogen and oxygen atoms in total. The molecule has 6 heteroatoms. The second-order valence-corrected chi connectivity index (χ2v) is 24.8. The molecule has 432 valence electrons. The largest absolute Gasteiger partial charge is 0.456 e. The number of benzene rings is 9. The monoisotopic (exact) mass is 1150 g/mol. The van der Waals surface area contributed by atoms with E-state index in [-0.39, 0.29) is 5.92 Å². The van der Waals surface area contributed by atoms with Gasteiger partial charge in [-0.3, -0.25) is 0 Å². The fourth-order valence-electron chi connectivity index (χ4n) is 12.5. The number of pyridine rings is 3. The second kappa shape index (κ2) is 22.5. The van der Waals surface area contributed by atoms with E-state index < -0.39 is 30.9 Å². The van der Waals surface area contributed by atoms with Crippen LogP contribution in [-0.2, 0) is 33.9 Å². The summed E-state index contributed by atoms with van der Waals surface area (Å²) in [5.74, 6) is -1.81. The van der Waals surface area contributed by atoms with E-state index in [0.717, 1.165) is 122 Å². The minimum Gasteiger partial charge on any atom is -0.456 e. The normalized spacial score (nSPS) is 14.5. The Morgan fingerprint density at radius 3 is 1.14 bits per heavy atom. The van der Waals surface area contributed by atoms with Crippen molar-refractivity contribution in [3.63, 3.8) is 0 Å². The van der Waals surface area contributed by atoms with E-state index >= 15 is 0 Å². The minimum absolute atomic E-state index is 0.110. The van der Waals surface area contributed by atoms with Crippen LogP contribution in [0.2, 0.25) is 0 Å². The van der Waals surface area contributed by atoms with Crippen LogP contribution in [0, 0.1) is 32.1 Å². The standard InChI is InChI=1S/C28H28NO.C27H26NO.C26H24NO/c1-18-22(25-14-19(12-13-29(25)5)17-28(2,3)4)10-11-23-24-15-20-8-6-7-9-21(20)16-26(24)30-27(18)23;1-17(2)13-19-11-12-28(4)25(14-19)22-9-10-23-24-15-20-7-5-6-8-21(20)16-26(24)29-27(23)18(22)3;1-16(2)18-11-12-27(4)24(14-18)21-9-10-22-23-13-19-7-5-6-8-20(19)15-25(23)28-26(22)17(21)3/h6-16H,17H2,1-5H3;5-12,14-17H,13H2,1-4H3;5-16H,1-4H3/q3*+1/i17D2;13D2;1D3,16D. The summed E-state index contributed by atoms with van der Waals surface area (Å²) < 4.78 is 91.4. The van der Waals surface area contributed by atoms with Crippen LogP contribution in [0.25, 0.3) is 132 Å². The average molecular weight is 1150 g/mol. The summed E-state index contributed by atoms with van der Waals surface area (Å²) >= 11 is 0. The first kappa shape index (κ1) is 47.8. The zero-order valence-corrected chi connectivity index (χ0v) is 51.7. The van der Waals surface area contributed by atoms with Crippen LogP contribution < -0.4 is 13.7 Å². The maximum Gasteiger partial charge on any atom is 0.212 e. The van der Waals surface area contributed by atoms with Gasteiger partial charge in [0, 0.05) is 96.4 Å². The topological polar surface area (TPSA) is 51.1 Å². The molecule has 1 atom stereocenters. The van der Waals surface area contributed by atoms with Crippen molar-refractivity contribution in [1.29, 1.82) is 0 Å². The molecule has 15 aromatic rings. The summed E-state index contributed by atoms with van der Waals surface area (Å²) in [6.45, 7) is 14.9. The summed E-state index contributed by atoms with van der Waals surface area (Å²) in [5, 5.41) is 13.6. The Morgan fingerprint density at radius 1 is 0.425 bits per heavy atom. The molecule has 0 spiro atoms. The first-order valence-electron chi connectivity index (χ1n) is 34.0. The van der Waals surface area contributed by atoms with Gasteiger partial charge in [-0.25, -0.2) is 13.7 Å². The molecule has 6 aromatic heterocycles. The second-order valence-electron chi connectivity index (χ2n) is 24.8. The third-order valence-electron chi connectivity index (χ3n) is 17.0. The van der Waals surface area contributed by atoms with Crippen LogP contribution >= 0.6 is 0 Å². The van der Waals surface area contributed by atoms with Crippen LogP contribution in [0.1, 0.15) is 98.6 Å². The van der Waals surface area contributed by atoms with Crippen molar-refractivity contribution in [2.75, 3.05) is 0 Å². The zero-order valence-electron chi connectivity index (χ0n) is 59.7. The number of hydrogen-bond donors (Lipinski definition) is 0. The van der Waals surface area contributed by atoms with E-state index in [1.54, 1.807) is 6.07 Å². The molecule has 9 aromatic carbocycles. The number of aryl methyl sites for hydroxylation is 6. The predicted octanol–water partition coefficient (Wildman–Crippen LogP) is 20.5. The molecule has 0 amide bonds. The lowest BCUT2D eigenvalue weighted by molar-refractivity contribution is -0.660. The summed E-state index contributed by atoms with van der Waals surface area (Å²) in [7, 11) is 5.92. The fourth-order valence-corrected chi connectivity index (χ4v) is 12.5. The first-order valence-corrected chi connectivity index (χ1v) is 30.0. The molecule has 0 N–H and O–H groups in total. The van der Waals surface area contributed by atoms with Gasteiger partial charge in [0.1, 0.15) is 54.6 Å². The molecule has 15 rings (SSSR count). The number of aromatic nitrogens is 3. The molecule has 0 bridgehead atoms. The Hall–Kier alpha value is -9.39. The number of nitrogens with zero attached hydrogens (tertiary/aromatic N) is 3. The Kier molecular flexibility index (Phi) is 12.3. The van der Waals surface area contributed by atoms with Crippen LogP contribution in [0.15, 0.2) is 214 Å². The van der Waals surface area contributed by atoms with Crippen molar-refractivity contribution < 1.29 is 37.9 Å². The molecule has 0 saturated heterocycles. The van der Waals surface area contributed by atoms with Gasteiger partial charge in [0.05, 0.1) is 16.7 Å². The SMILES string of the molecule is [2H]C([2H])([2H])C([2H])(C)c1cc[n+](C)c(-c2ccc3c(oc4cc5ccccc5cc43)c2C)c1.[2H]C([2H])(c1cc[n+](C)c(-c2ccc3c(oc4cc5ccccc5cc43)c2C)c1)C(C)(C)C.[2H]C([2H])(c1cc[n+](C)c(-c2ccc3c(oc4cc5ccccc5cc43)c2C)c1)C(C)C. The summed E-state index contributed by atoms with van der Waals surface area (Å²) in [5.41, 5.74) is 15.5. The van der Waals surface area contributed by atoms with Crippen molar-refractivity contribution in [3.8, 4) is 33.8 Å². The fraction of sp³-hybridized carbons (Fsp3) is 0.222. The highest BCUT2D eigenvalue weighted by Gasteiger charge is 2.24. The molecular weight excluding hydrogens is 1060 g/mol. The third-order valence-corrected chi connectivity index (χ3v) is 17.0. The van der Waals surface area contributed by atoms with Crippen molar-refractivity contribution in [2.24, 2.45) is 32.5 Å². The third kappa shape index (κ3) is 10.8. The zero-order chi connectivity index (χ0) is 67.6. The molecule has 0 saturated carbocycles. The van der Waals surface area contributed by atoms with Gasteiger partial charge in [0.25, 0.3) is 0 Å². The summed E-state index contributed by atoms with van der Waals surface area (Å²) in [6.07, 6.45) is 2.87. The van der Waals surface area contributed by atoms with Crippen LogP contribution in [0.5, 0.6) is 0 Å². The lowest BCUT2D eigenvalue weighted by Gasteiger charge is -2.18. The smallest absolute Gasteiger partial charge is 0.212 e. The predicted molar refractivity (Wildman–Crippen MR) is 364 cm³/mol. The Morgan fingerprint density at radius 2 is 0.770 bits per heavy atom. The number of rotatable bonds is 7. The van der Waals surface area contributed by atoms with Gasteiger partial charge in [-0.1, -0.05) is 121 Å². The maximum atomic E-state index is 8.72. The Labute approximate surface area is 521 Å². The van der Waals surface area contributed by atoms with Crippen molar-refractivity contribution in [3.05, 3.63) is 234 Å². The van der Waals surface area contributed by atoms with Crippen LogP contribution in [-0.4, -0.2) is 0 Å². The number of hydrogen-bond acceptors (Lipinski definition) is 3. The maximum absolute atomic E-state index is 8.72. The number of furan rings is 3. The molecule has 0 fully saturated rings. The van der Waals surface area contributed by atoms with Crippen molar-refractivity contribution in [2.45, 2.75) is 87.8 Å². The first-order chi connectivity index (χ1) is 44.9. The molecule has 0 radical (unpaired) electrons. The van der Waals surface area contributed by atoms with Gasteiger partial charge in [0.15, 0.2) is 18.6 Å². The van der Waals surface area contributed by atoms with Gasteiger partial charge >= 0.3 is 0 Å². The van der Waals surface area contributed by atoms with Crippen LogP contribution in [0.4, 0.5) is 0 Å². The van der Waals surface area contributed by atoms with Crippen molar-refractivity contribution in [1.82, 2.24) is 0 Å². The van der Waals surface area contributed by atoms with E-state index in [2.05, 4.69) is 135 Å².